The molecule has 2 aromatic carbocycles. The summed E-state index contributed by atoms with van der Waals surface area (Å²) in [6.45, 7) is 0. The Morgan fingerprint density at radius 1 is 0.647 bits per heavy atom. The molecule has 0 radical (unpaired) electrons. The molecule has 17 heavy (non-hydrogen) atoms. The van der Waals surface area contributed by atoms with Crippen molar-refractivity contribution in [2.75, 3.05) is 0 Å². The van der Waals surface area contributed by atoms with Crippen LogP contribution in [0.2, 0.25) is 0 Å². The molecule has 2 aliphatic rings. The molecule has 0 atom stereocenters. The number of benzene rings is 2. The maximum Gasteiger partial charge on any atom is 0.0948 e. The number of fused-ring (bicyclic) bond motifs is 4. The molecule has 2 heteroatoms. The van der Waals surface area contributed by atoms with Crippen LogP contribution in [-0.2, 0) is 5.41 Å². The van der Waals surface area contributed by atoms with Gasteiger partial charge in [0.1, 0.15) is 0 Å². The first-order valence-electron chi connectivity index (χ1n) is 5.70. The minimum Gasteiger partial charge on any atom is -0.259 e. The van der Waals surface area contributed by atoms with Crippen LogP contribution in [0.25, 0.3) is 0 Å². The molecule has 0 aromatic heterocycles. The molecule has 0 unspecified atom stereocenters. The van der Waals surface area contributed by atoms with Gasteiger partial charge < -0.3 is 0 Å². The molecular weight excluding hydrogens is 208 g/mol. The highest BCUT2D eigenvalue weighted by Gasteiger charge is 2.40. The van der Waals surface area contributed by atoms with Gasteiger partial charge in [0.25, 0.3) is 0 Å². The van der Waals surface area contributed by atoms with Crippen LogP contribution in [0.15, 0.2) is 58.5 Å². The van der Waals surface area contributed by atoms with E-state index in [9.17, 15) is 0 Å². The van der Waals surface area contributed by atoms with Gasteiger partial charge in [-0.25, -0.2) is 0 Å². The monoisotopic (exact) mass is 218 g/mol. The molecule has 0 amide bonds. The van der Waals surface area contributed by atoms with E-state index < -0.39 is 0 Å². The molecule has 2 nitrogen and oxygen atoms in total. The Morgan fingerprint density at radius 3 is 1.65 bits per heavy atom. The normalized spacial score (nSPS) is 17.4. The van der Waals surface area contributed by atoms with Gasteiger partial charge in [0.15, 0.2) is 0 Å². The topological polar surface area (TPSA) is 24.7 Å². The Bertz CT molecular complexity index is 609. The highest BCUT2D eigenvalue weighted by Crippen LogP contribution is 2.46. The standard InChI is InChI=1S/C15H10N2/c1-3-7-13-11(5-1)15(9-16-13)10-17-14-8-4-2-6-12(14)15/h1-10H. The fourth-order valence-corrected chi connectivity index (χ4v) is 2.67. The second-order valence-corrected chi connectivity index (χ2v) is 4.42. The molecule has 1 spiro atoms. The number of hydrogen-bond acceptors (Lipinski definition) is 2. The predicted molar refractivity (Wildman–Crippen MR) is 70.0 cm³/mol. The van der Waals surface area contributed by atoms with Crippen molar-refractivity contribution >= 4 is 23.8 Å². The zero-order valence-corrected chi connectivity index (χ0v) is 9.17. The van der Waals surface area contributed by atoms with E-state index in [1.165, 1.54) is 11.1 Å². The summed E-state index contributed by atoms with van der Waals surface area (Å²) in [4.78, 5) is 9.03. The van der Waals surface area contributed by atoms with Gasteiger partial charge in [-0.2, -0.15) is 0 Å². The number of para-hydroxylation sites is 2. The third-order valence-corrected chi connectivity index (χ3v) is 3.51. The number of hydrogen-bond donors (Lipinski definition) is 0. The lowest BCUT2D eigenvalue weighted by molar-refractivity contribution is 1.02. The molecule has 2 heterocycles. The SMILES string of the molecule is C1=Nc2ccccc2C12C=Nc1ccccc12. The van der Waals surface area contributed by atoms with E-state index >= 15 is 0 Å². The van der Waals surface area contributed by atoms with Crippen molar-refractivity contribution in [1.29, 1.82) is 0 Å². The van der Waals surface area contributed by atoms with E-state index in [1.807, 2.05) is 24.6 Å². The molecule has 0 saturated carbocycles. The molecule has 4 rings (SSSR count). The average molecular weight is 218 g/mol. The van der Waals surface area contributed by atoms with E-state index in [2.05, 4.69) is 46.4 Å². The van der Waals surface area contributed by atoms with Gasteiger partial charge in [-0.3, -0.25) is 9.98 Å². The Kier molecular flexibility index (Phi) is 1.52. The van der Waals surface area contributed by atoms with Gasteiger partial charge in [-0.05, 0) is 23.3 Å². The van der Waals surface area contributed by atoms with E-state index in [4.69, 9.17) is 0 Å². The Labute approximate surface area is 99.4 Å². The zero-order valence-electron chi connectivity index (χ0n) is 9.17. The van der Waals surface area contributed by atoms with E-state index in [-0.39, 0.29) is 5.41 Å². The minimum absolute atomic E-state index is 0.229. The van der Waals surface area contributed by atoms with E-state index in [0.29, 0.717) is 0 Å². The summed E-state index contributed by atoms with van der Waals surface area (Å²) in [5, 5.41) is 0. The lowest BCUT2D eigenvalue weighted by atomic mass is 9.78. The maximum atomic E-state index is 4.52. The summed E-state index contributed by atoms with van der Waals surface area (Å²) in [5.41, 5.74) is 4.33. The summed E-state index contributed by atoms with van der Waals surface area (Å²) in [6, 6.07) is 16.5. The Hall–Kier alpha value is -2.22. The van der Waals surface area contributed by atoms with E-state index in [0.717, 1.165) is 11.4 Å². The summed E-state index contributed by atoms with van der Waals surface area (Å²) in [5.74, 6) is 0. The summed E-state index contributed by atoms with van der Waals surface area (Å²) in [7, 11) is 0. The van der Waals surface area contributed by atoms with Crippen LogP contribution >= 0.6 is 0 Å². The lowest BCUT2D eigenvalue weighted by Crippen LogP contribution is -2.26. The molecule has 0 aliphatic carbocycles. The first-order valence-corrected chi connectivity index (χ1v) is 5.70. The van der Waals surface area contributed by atoms with Crippen molar-refractivity contribution in [2.24, 2.45) is 9.98 Å². The van der Waals surface area contributed by atoms with Gasteiger partial charge in [-0.15, -0.1) is 0 Å². The van der Waals surface area contributed by atoms with Crippen molar-refractivity contribution in [3.63, 3.8) is 0 Å². The van der Waals surface area contributed by atoms with Gasteiger partial charge in [-0.1, -0.05) is 36.4 Å². The predicted octanol–water partition coefficient (Wildman–Crippen LogP) is 3.40. The number of rotatable bonds is 0. The Morgan fingerprint density at radius 2 is 1.12 bits per heavy atom. The van der Waals surface area contributed by atoms with Gasteiger partial charge >= 0.3 is 0 Å². The van der Waals surface area contributed by atoms with Crippen molar-refractivity contribution in [3.05, 3.63) is 59.7 Å². The van der Waals surface area contributed by atoms with Gasteiger partial charge in [0.05, 0.1) is 16.8 Å². The second kappa shape index (κ2) is 2.92. The van der Waals surface area contributed by atoms with Gasteiger partial charge in [0, 0.05) is 12.4 Å². The first-order chi connectivity index (χ1) is 8.40. The summed E-state index contributed by atoms with van der Waals surface area (Å²) in [6.07, 6.45) is 4.01. The molecule has 2 aliphatic heterocycles. The molecular formula is C15H10N2. The van der Waals surface area contributed by atoms with Crippen LogP contribution in [0.5, 0.6) is 0 Å². The molecule has 2 aromatic rings. The third-order valence-electron chi connectivity index (χ3n) is 3.51. The summed E-state index contributed by atoms with van der Waals surface area (Å²) >= 11 is 0. The van der Waals surface area contributed by atoms with Crippen LogP contribution in [0.3, 0.4) is 0 Å². The smallest absolute Gasteiger partial charge is 0.0948 e. The van der Waals surface area contributed by atoms with Crippen LogP contribution in [0, 0.1) is 0 Å². The molecule has 80 valence electrons. The molecule has 0 N–H and O–H groups in total. The van der Waals surface area contributed by atoms with Crippen LogP contribution < -0.4 is 0 Å². The highest BCUT2D eigenvalue weighted by atomic mass is 14.9. The van der Waals surface area contributed by atoms with Crippen LogP contribution in [0.1, 0.15) is 11.1 Å². The lowest BCUT2D eigenvalue weighted by Gasteiger charge is -2.19. The minimum atomic E-state index is -0.229. The zero-order chi connectivity index (χ0) is 11.3. The van der Waals surface area contributed by atoms with Gasteiger partial charge in [0.2, 0.25) is 0 Å². The fraction of sp³-hybridized carbons (Fsp3) is 0.0667. The van der Waals surface area contributed by atoms with Crippen LogP contribution in [0.4, 0.5) is 11.4 Å². The molecule has 0 saturated heterocycles. The maximum absolute atomic E-state index is 4.52. The third kappa shape index (κ3) is 0.998. The molecule has 0 bridgehead atoms. The number of aliphatic imine (C=N–C) groups is 2. The molecule has 0 fully saturated rings. The fourth-order valence-electron chi connectivity index (χ4n) is 2.67. The van der Waals surface area contributed by atoms with E-state index in [1.54, 1.807) is 0 Å². The largest absolute Gasteiger partial charge is 0.259 e. The second-order valence-electron chi connectivity index (χ2n) is 4.42. The van der Waals surface area contributed by atoms with Crippen molar-refractivity contribution < 1.29 is 0 Å². The average Bonchev–Trinajstić information content (AvgIpc) is 2.95. The quantitative estimate of drug-likeness (QED) is 0.647. The van der Waals surface area contributed by atoms with Crippen molar-refractivity contribution in [3.8, 4) is 0 Å². The van der Waals surface area contributed by atoms with Crippen molar-refractivity contribution in [2.45, 2.75) is 5.41 Å². The Balaban J connectivity index is 2.05. The first kappa shape index (κ1) is 8.88. The number of nitrogens with zero attached hydrogens (tertiary/aromatic N) is 2. The summed E-state index contributed by atoms with van der Waals surface area (Å²) < 4.78 is 0. The van der Waals surface area contributed by atoms with Crippen LogP contribution in [-0.4, -0.2) is 12.4 Å². The van der Waals surface area contributed by atoms with Crippen molar-refractivity contribution in [1.82, 2.24) is 0 Å². The highest BCUT2D eigenvalue weighted by molar-refractivity contribution is 6.10.